The Morgan fingerprint density at radius 2 is 1.74 bits per heavy atom. The van der Waals surface area contributed by atoms with Crippen molar-refractivity contribution in [1.29, 1.82) is 0 Å². The lowest BCUT2D eigenvalue weighted by Gasteiger charge is -2.17. The van der Waals surface area contributed by atoms with E-state index in [4.69, 9.17) is 4.74 Å². The summed E-state index contributed by atoms with van der Waals surface area (Å²) in [6.45, 7) is 5.17. The number of esters is 1. The maximum Gasteiger partial charge on any atom is 0.418 e. The third-order valence-corrected chi connectivity index (χ3v) is 4.09. The number of carbonyl (C=O) groups is 2. The molecular formula is C20H20F3NO3. The van der Waals surface area contributed by atoms with Crippen molar-refractivity contribution in [3.63, 3.8) is 0 Å². The maximum absolute atomic E-state index is 13.0. The van der Waals surface area contributed by atoms with Gasteiger partial charge in [0.1, 0.15) is 0 Å². The molecule has 2 aromatic carbocycles. The first-order chi connectivity index (χ1) is 12.6. The molecule has 144 valence electrons. The fourth-order valence-corrected chi connectivity index (χ4v) is 2.45. The van der Waals surface area contributed by atoms with E-state index < -0.39 is 29.7 Å². The number of nitrogens with one attached hydrogen (secondary N) is 1. The van der Waals surface area contributed by atoms with Gasteiger partial charge in [0.15, 0.2) is 6.10 Å². The molecule has 2 aromatic rings. The zero-order valence-corrected chi connectivity index (χ0v) is 15.2. The third kappa shape index (κ3) is 5.57. The van der Waals surface area contributed by atoms with E-state index in [9.17, 15) is 22.8 Å². The number of anilines is 1. The van der Waals surface area contributed by atoms with Gasteiger partial charge in [0, 0.05) is 0 Å². The van der Waals surface area contributed by atoms with Crippen LogP contribution in [0.25, 0.3) is 0 Å². The average molecular weight is 379 g/mol. The van der Waals surface area contributed by atoms with Crippen molar-refractivity contribution in [2.45, 2.75) is 39.5 Å². The molecule has 0 saturated heterocycles. The van der Waals surface area contributed by atoms with Crippen LogP contribution in [0.2, 0.25) is 0 Å². The number of hydrogen-bond donors (Lipinski definition) is 1. The summed E-state index contributed by atoms with van der Waals surface area (Å²) in [5.41, 5.74) is 1.50. The molecule has 2 rings (SSSR count). The molecule has 4 nitrogen and oxygen atoms in total. The number of rotatable bonds is 5. The first-order valence-corrected chi connectivity index (χ1v) is 8.30. The van der Waals surface area contributed by atoms with E-state index in [1.165, 1.54) is 19.1 Å². The quantitative estimate of drug-likeness (QED) is 0.782. The highest BCUT2D eigenvalue weighted by Gasteiger charge is 2.34. The molecule has 0 bridgehead atoms. The van der Waals surface area contributed by atoms with Gasteiger partial charge < -0.3 is 10.1 Å². The van der Waals surface area contributed by atoms with Crippen LogP contribution in [0.4, 0.5) is 18.9 Å². The summed E-state index contributed by atoms with van der Waals surface area (Å²) >= 11 is 0. The zero-order chi connectivity index (χ0) is 20.2. The number of alkyl halides is 3. The highest BCUT2D eigenvalue weighted by molar-refractivity contribution is 5.95. The minimum Gasteiger partial charge on any atom is -0.452 e. The van der Waals surface area contributed by atoms with E-state index in [0.717, 1.165) is 28.8 Å². The van der Waals surface area contributed by atoms with Crippen molar-refractivity contribution in [2.24, 2.45) is 0 Å². The van der Waals surface area contributed by atoms with Gasteiger partial charge in [-0.2, -0.15) is 13.2 Å². The van der Waals surface area contributed by atoms with Gasteiger partial charge in [-0.3, -0.25) is 9.59 Å². The fourth-order valence-electron chi connectivity index (χ4n) is 2.45. The van der Waals surface area contributed by atoms with Crippen LogP contribution in [0.5, 0.6) is 0 Å². The lowest BCUT2D eigenvalue weighted by atomic mass is 10.0. The summed E-state index contributed by atoms with van der Waals surface area (Å²) in [5.74, 6) is -1.47. The first kappa shape index (κ1) is 20.5. The number of ether oxygens (including phenoxy) is 1. The number of halogens is 3. The van der Waals surface area contributed by atoms with E-state index in [1.807, 2.05) is 26.0 Å². The summed E-state index contributed by atoms with van der Waals surface area (Å²) < 4.78 is 44.0. The van der Waals surface area contributed by atoms with Crippen LogP contribution in [-0.4, -0.2) is 18.0 Å². The van der Waals surface area contributed by atoms with Gasteiger partial charge in [-0.05, 0) is 49.6 Å². The van der Waals surface area contributed by atoms with Crippen LogP contribution < -0.4 is 5.32 Å². The number of benzene rings is 2. The Bertz CT molecular complexity index is 847. The molecule has 0 aromatic heterocycles. The molecule has 1 N–H and O–H groups in total. The smallest absolute Gasteiger partial charge is 0.418 e. The topological polar surface area (TPSA) is 55.4 Å². The van der Waals surface area contributed by atoms with Crippen LogP contribution in [0, 0.1) is 13.8 Å². The van der Waals surface area contributed by atoms with Crippen LogP contribution >= 0.6 is 0 Å². The van der Waals surface area contributed by atoms with Crippen molar-refractivity contribution < 1.29 is 27.5 Å². The number of para-hydroxylation sites is 1. The van der Waals surface area contributed by atoms with Gasteiger partial charge in [-0.25, -0.2) is 0 Å². The fraction of sp³-hybridized carbons (Fsp3) is 0.300. The Labute approximate surface area is 155 Å². The number of carbonyl (C=O) groups excluding carboxylic acids is 2. The minimum atomic E-state index is -4.60. The molecule has 0 fully saturated rings. The molecule has 0 radical (unpaired) electrons. The molecule has 0 saturated carbocycles. The summed E-state index contributed by atoms with van der Waals surface area (Å²) in [6, 6.07) is 10.1. The standard InChI is InChI=1S/C20H20F3NO3/c1-12-8-9-15(10-13(12)2)11-18(25)27-14(3)19(26)24-17-7-5-4-6-16(17)20(21,22)23/h4-10,14H,11H2,1-3H3,(H,24,26)/t14-/m0/s1. The average Bonchev–Trinajstić information content (AvgIpc) is 2.57. The highest BCUT2D eigenvalue weighted by atomic mass is 19.4. The molecular weight excluding hydrogens is 359 g/mol. The Balaban J connectivity index is 1.99. The second-order valence-electron chi connectivity index (χ2n) is 6.26. The van der Waals surface area contributed by atoms with Crippen molar-refractivity contribution >= 4 is 17.6 Å². The second-order valence-corrected chi connectivity index (χ2v) is 6.26. The molecule has 0 aliphatic carbocycles. The summed E-state index contributed by atoms with van der Waals surface area (Å²) in [7, 11) is 0. The Morgan fingerprint density at radius 3 is 2.37 bits per heavy atom. The van der Waals surface area contributed by atoms with Gasteiger partial charge in [-0.1, -0.05) is 30.3 Å². The predicted octanol–water partition coefficient (Wildman–Crippen LogP) is 4.44. The van der Waals surface area contributed by atoms with Crippen molar-refractivity contribution in [3.05, 3.63) is 64.7 Å². The lowest BCUT2D eigenvalue weighted by Crippen LogP contribution is -2.31. The van der Waals surface area contributed by atoms with Crippen LogP contribution in [0.1, 0.15) is 29.2 Å². The van der Waals surface area contributed by atoms with E-state index in [1.54, 1.807) is 6.07 Å². The van der Waals surface area contributed by atoms with Crippen molar-refractivity contribution in [2.75, 3.05) is 5.32 Å². The highest BCUT2D eigenvalue weighted by Crippen LogP contribution is 2.34. The number of amides is 1. The molecule has 0 unspecified atom stereocenters. The van der Waals surface area contributed by atoms with Gasteiger partial charge in [0.05, 0.1) is 17.7 Å². The normalized spacial score (nSPS) is 12.4. The van der Waals surface area contributed by atoms with Gasteiger partial charge in [-0.15, -0.1) is 0 Å². The molecule has 0 aliphatic rings. The van der Waals surface area contributed by atoms with E-state index in [2.05, 4.69) is 5.32 Å². The molecule has 0 spiro atoms. The Kier molecular flexibility index (Phi) is 6.25. The van der Waals surface area contributed by atoms with Gasteiger partial charge >= 0.3 is 12.1 Å². The monoisotopic (exact) mass is 379 g/mol. The Morgan fingerprint density at radius 1 is 1.07 bits per heavy atom. The molecule has 1 atom stereocenters. The largest absolute Gasteiger partial charge is 0.452 e. The van der Waals surface area contributed by atoms with Gasteiger partial charge in [0.25, 0.3) is 5.91 Å². The number of aryl methyl sites for hydroxylation is 2. The first-order valence-electron chi connectivity index (χ1n) is 8.30. The minimum absolute atomic E-state index is 0.0299. The zero-order valence-electron chi connectivity index (χ0n) is 15.2. The molecule has 27 heavy (non-hydrogen) atoms. The molecule has 0 aliphatic heterocycles. The predicted molar refractivity (Wildman–Crippen MR) is 95.2 cm³/mol. The summed E-state index contributed by atoms with van der Waals surface area (Å²) in [5, 5.41) is 2.17. The maximum atomic E-state index is 13.0. The molecule has 1 amide bonds. The summed E-state index contributed by atoms with van der Waals surface area (Å²) in [6.07, 6.45) is -5.87. The van der Waals surface area contributed by atoms with E-state index in [0.29, 0.717) is 0 Å². The van der Waals surface area contributed by atoms with Crippen LogP contribution in [-0.2, 0) is 26.9 Å². The summed E-state index contributed by atoms with van der Waals surface area (Å²) in [4.78, 5) is 24.1. The molecule has 0 heterocycles. The lowest BCUT2D eigenvalue weighted by molar-refractivity contribution is -0.152. The van der Waals surface area contributed by atoms with E-state index >= 15 is 0 Å². The number of hydrogen-bond acceptors (Lipinski definition) is 3. The van der Waals surface area contributed by atoms with Crippen molar-refractivity contribution in [3.8, 4) is 0 Å². The van der Waals surface area contributed by atoms with Gasteiger partial charge in [0.2, 0.25) is 0 Å². The van der Waals surface area contributed by atoms with Crippen LogP contribution in [0.3, 0.4) is 0 Å². The van der Waals surface area contributed by atoms with Crippen LogP contribution in [0.15, 0.2) is 42.5 Å². The third-order valence-electron chi connectivity index (χ3n) is 4.09. The van der Waals surface area contributed by atoms with E-state index in [-0.39, 0.29) is 12.1 Å². The van der Waals surface area contributed by atoms with Crippen molar-refractivity contribution in [1.82, 2.24) is 0 Å². The SMILES string of the molecule is Cc1ccc(CC(=O)O[C@@H](C)C(=O)Nc2ccccc2C(F)(F)F)cc1C. The second kappa shape index (κ2) is 8.24. The Hall–Kier alpha value is -2.83. The molecule has 7 heteroatoms.